The van der Waals surface area contributed by atoms with Gasteiger partial charge in [0.05, 0.1) is 0 Å². The molecule has 94 valence electrons. The molecule has 0 saturated heterocycles. The van der Waals surface area contributed by atoms with Gasteiger partial charge in [0.1, 0.15) is 11.9 Å². The lowest BCUT2D eigenvalue weighted by atomic mass is 10.1. The zero-order valence-electron chi connectivity index (χ0n) is 10.8. The molecular weight excluding hydrogens is 222 g/mol. The molecule has 0 aromatic heterocycles. The van der Waals surface area contributed by atoms with Crippen LogP contribution in [0.4, 0.5) is 0 Å². The fourth-order valence-electron chi connectivity index (χ4n) is 1.85. The van der Waals surface area contributed by atoms with Gasteiger partial charge in [0.2, 0.25) is 0 Å². The van der Waals surface area contributed by atoms with Gasteiger partial charge in [0.15, 0.2) is 0 Å². The normalized spacial score (nSPS) is 13.9. The summed E-state index contributed by atoms with van der Waals surface area (Å²) in [5, 5.41) is 0. The number of hydrogen-bond donors (Lipinski definition) is 1. The van der Waals surface area contributed by atoms with Gasteiger partial charge in [-0.25, -0.2) is 0 Å². The van der Waals surface area contributed by atoms with Gasteiger partial charge in [-0.2, -0.15) is 0 Å². The topological polar surface area (TPSA) is 35.2 Å². The van der Waals surface area contributed by atoms with Crippen molar-refractivity contribution in [3.05, 3.63) is 65.7 Å². The third-order valence-electron chi connectivity index (χ3n) is 2.99. The average Bonchev–Trinajstić information content (AvgIpc) is 2.40. The molecule has 0 spiro atoms. The molecule has 2 aromatic rings. The van der Waals surface area contributed by atoms with Crippen LogP contribution in [0.1, 0.15) is 37.1 Å². The summed E-state index contributed by atoms with van der Waals surface area (Å²) in [4.78, 5) is 0. The molecule has 0 amide bonds. The quantitative estimate of drug-likeness (QED) is 0.882. The van der Waals surface area contributed by atoms with Crippen molar-refractivity contribution >= 4 is 0 Å². The van der Waals surface area contributed by atoms with Crippen molar-refractivity contribution in [3.63, 3.8) is 0 Å². The Bertz CT molecular complexity index is 476. The third kappa shape index (κ3) is 3.11. The molecule has 0 saturated carbocycles. The van der Waals surface area contributed by atoms with Crippen LogP contribution in [-0.2, 0) is 0 Å². The van der Waals surface area contributed by atoms with Gasteiger partial charge in [0, 0.05) is 6.04 Å². The van der Waals surface area contributed by atoms with Gasteiger partial charge >= 0.3 is 0 Å². The first-order valence-corrected chi connectivity index (χ1v) is 6.24. The lowest BCUT2D eigenvalue weighted by molar-refractivity contribution is 0.227. The number of hydrogen-bond acceptors (Lipinski definition) is 2. The maximum Gasteiger partial charge on any atom is 0.121 e. The number of nitrogens with two attached hydrogens (primary N) is 1. The van der Waals surface area contributed by atoms with Gasteiger partial charge in [-0.05, 0) is 37.1 Å². The van der Waals surface area contributed by atoms with E-state index in [1.165, 1.54) is 5.56 Å². The summed E-state index contributed by atoms with van der Waals surface area (Å²) in [6.07, 6.45) is 0.0485. The van der Waals surface area contributed by atoms with Crippen LogP contribution in [0.15, 0.2) is 54.6 Å². The average molecular weight is 241 g/mol. The van der Waals surface area contributed by atoms with E-state index in [9.17, 15) is 0 Å². The Labute approximate surface area is 108 Å². The van der Waals surface area contributed by atoms with Crippen molar-refractivity contribution in [2.75, 3.05) is 0 Å². The van der Waals surface area contributed by atoms with E-state index in [1.807, 2.05) is 49.4 Å². The largest absolute Gasteiger partial charge is 0.486 e. The first kappa shape index (κ1) is 12.7. The Morgan fingerprint density at radius 2 is 1.44 bits per heavy atom. The molecule has 0 aliphatic heterocycles. The van der Waals surface area contributed by atoms with Crippen LogP contribution in [0.2, 0.25) is 0 Å². The first-order chi connectivity index (χ1) is 8.66. The van der Waals surface area contributed by atoms with Crippen molar-refractivity contribution in [1.29, 1.82) is 0 Å². The zero-order valence-corrected chi connectivity index (χ0v) is 10.8. The van der Waals surface area contributed by atoms with E-state index in [0.717, 1.165) is 11.3 Å². The molecule has 0 aliphatic rings. The smallest absolute Gasteiger partial charge is 0.121 e. The van der Waals surface area contributed by atoms with Crippen molar-refractivity contribution in [3.8, 4) is 5.75 Å². The highest BCUT2D eigenvalue weighted by Gasteiger charge is 2.06. The fraction of sp³-hybridized carbons (Fsp3) is 0.250. The van der Waals surface area contributed by atoms with Crippen molar-refractivity contribution in [2.45, 2.75) is 26.0 Å². The molecule has 0 fully saturated rings. The summed E-state index contributed by atoms with van der Waals surface area (Å²) < 4.78 is 5.89. The molecule has 0 aliphatic carbocycles. The minimum atomic E-state index is 0.0485. The molecule has 0 radical (unpaired) electrons. The van der Waals surface area contributed by atoms with Gasteiger partial charge in [0.25, 0.3) is 0 Å². The minimum absolute atomic E-state index is 0.0485. The Morgan fingerprint density at radius 3 is 2.00 bits per heavy atom. The Morgan fingerprint density at radius 1 is 0.833 bits per heavy atom. The van der Waals surface area contributed by atoms with Gasteiger partial charge < -0.3 is 10.5 Å². The van der Waals surface area contributed by atoms with Crippen molar-refractivity contribution in [1.82, 2.24) is 0 Å². The second kappa shape index (κ2) is 5.69. The summed E-state index contributed by atoms with van der Waals surface area (Å²) in [6.45, 7) is 4.03. The number of rotatable bonds is 4. The second-order valence-corrected chi connectivity index (χ2v) is 4.53. The summed E-state index contributed by atoms with van der Waals surface area (Å²) in [5.41, 5.74) is 8.11. The Balaban J connectivity index is 2.05. The standard InChI is InChI=1S/C16H19NO/c1-12(17)14-8-10-16(11-9-14)18-13(2)15-6-4-3-5-7-15/h3-13H,17H2,1-2H3/t12-,13?/m0/s1. The van der Waals surface area contributed by atoms with Gasteiger partial charge in [-0.3, -0.25) is 0 Å². The highest BCUT2D eigenvalue weighted by molar-refractivity contribution is 5.29. The summed E-state index contributed by atoms with van der Waals surface area (Å²) in [5.74, 6) is 0.871. The van der Waals surface area contributed by atoms with Crippen LogP contribution in [0.25, 0.3) is 0 Å². The van der Waals surface area contributed by atoms with Crippen LogP contribution in [0.5, 0.6) is 5.75 Å². The van der Waals surface area contributed by atoms with Crippen LogP contribution < -0.4 is 10.5 Å². The third-order valence-corrected chi connectivity index (χ3v) is 2.99. The van der Waals surface area contributed by atoms with E-state index in [4.69, 9.17) is 10.5 Å². The second-order valence-electron chi connectivity index (χ2n) is 4.53. The first-order valence-electron chi connectivity index (χ1n) is 6.24. The van der Waals surface area contributed by atoms with Gasteiger partial charge in [-0.1, -0.05) is 42.5 Å². The van der Waals surface area contributed by atoms with Crippen molar-refractivity contribution < 1.29 is 4.74 Å². The fourth-order valence-corrected chi connectivity index (χ4v) is 1.85. The molecule has 0 bridgehead atoms. The van der Waals surface area contributed by atoms with E-state index in [-0.39, 0.29) is 12.1 Å². The maximum absolute atomic E-state index is 5.89. The predicted octanol–water partition coefficient (Wildman–Crippen LogP) is 3.85. The molecule has 2 N–H and O–H groups in total. The predicted molar refractivity (Wildman–Crippen MR) is 74.5 cm³/mol. The molecule has 2 aromatic carbocycles. The van der Waals surface area contributed by atoms with Crippen LogP contribution in [-0.4, -0.2) is 0 Å². The number of benzene rings is 2. The zero-order chi connectivity index (χ0) is 13.0. The lowest BCUT2D eigenvalue weighted by Gasteiger charge is -2.15. The monoisotopic (exact) mass is 241 g/mol. The van der Waals surface area contributed by atoms with E-state index >= 15 is 0 Å². The molecule has 2 rings (SSSR count). The summed E-state index contributed by atoms with van der Waals surface area (Å²) in [6, 6.07) is 18.2. The van der Waals surface area contributed by atoms with E-state index in [2.05, 4.69) is 19.1 Å². The maximum atomic E-state index is 5.89. The van der Waals surface area contributed by atoms with Crippen LogP contribution >= 0.6 is 0 Å². The van der Waals surface area contributed by atoms with E-state index < -0.39 is 0 Å². The highest BCUT2D eigenvalue weighted by atomic mass is 16.5. The molecular formula is C16H19NO. The molecule has 2 nitrogen and oxygen atoms in total. The Kier molecular flexibility index (Phi) is 4.00. The molecule has 1 unspecified atom stereocenters. The summed E-state index contributed by atoms with van der Waals surface area (Å²) >= 11 is 0. The molecule has 2 atom stereocenters. The van der Waals surface area contributed by atoms with Crippen molar-refractivity contribution in [2.24, 2.45) is 5.73 Å². The van der Waals surface area contributed by atoms with E-state index in [0.29, 0.717) is 0 Å². The lowest BCUT2D eigenvalue weighted by Crippen LogP contribution is -2.05. The molecule has 2 heteroatoms. The SMILES string of the molecule is CC(Oc1ccc([C@H](C)N)cc1)c1ccccc1. The number of ether oxygens (including phenoxy) is 1. The van der Waals surface area contributed by atoms with Crippen LogP contribution in [0, 0.1) is 0 Å². The van der Waals surface area contributed by atoms with E-state index in [1.54, 1.807) is 0 Å². The Hall–Kier alpha value is -1.80. The highest BCUT2D eigenvalue weighted by Crippen LogP contribution is 2.22. The molecule has 18 heavy (non-hydrogen) atoms. The summed E-state index contributed by atoms with van der Waals surface area (Å²) in [7, 11) is 0. The minimum Gasteiger partial charge on any atom is -0.486 e. The van der Waals surface area contributed by atoms with Crippen LogP contribution in [0.3, 0.4) is 0 Å². The molecule has 0 heterocycles. The van der Waals surface area contributed by atoms with Gasteiger partial charge in [-0.15, -0.1) is 0 Å².